The van der Waals surface area contributed by atoms with Crippen LogP contribution >= 0.6 is 0 Å². The van der Waals surface area contributed by atoms with Gasteiger partial charge in [0, 0.05) is 60.8 Å². The van der Waals surface area contributed by atoms with Gasteiger partial charge < -0.3 is 61.6 Å². The summed E-state index contributed by atoms with van der Waals surface area (Å²) in [4.78, 5) is 88.3. The van der Waals surface area contributed by atoms with E-state index in [1.807, 2.05) is 0 Å². The molecule has 0 N–H and O–H groups in total. The van der Waals surface area contributed by atoms with E-state index in [4.69, 9.17) is 61.6 Å². The lowest BCUT2D eigenvalue weighted by molar-refractivity contribution is -0.374. The van der Waals surface area contributed by atoms with Gasteiger partial charge in [0.1, 0.15) is 25.4 Å². The van der Waals surface area contributed by atoms with Gasteiger partial charge in [-0.2, -0.15) is 0 Å². The zero-order chi connectivity index (χ0) is 52.9. The summed E-state index contributed by atoms with van der Waals surface area (Å²) in [5, 5.41) is 0. The fourth-order valence-electron chi connectivity index (χ4n) is 15.1. The Labute approximate surface area is 427 Å². The third kappa shape index (κ3) is 11.3. The molecule has 4 saturated carbocycles. The summed E-state index contributed by atoms with van der Waals surface area (Å²) in [6.07, 6.45) is -5.78. The van der Waals surface area contributed by atoms with Crippen LogP contribution in [0.3, 0.4) is 0 Å². The molecular formula is C53H78O20. The second-order valence-corrected chi connectivity index (χ2v) is 22.9. The second kappa shape index (κ2) is 22.0. The first-order chi connectivity index (χ1) is 34.4. The van der Waals surface area contributed by atoms with Gasteiger partial charge in [0.05, 0.1) is 18.8 Å². The normalized spacial score (nSPS) is 44.7. The van der Waals surface area contributed by atoms with Crippen molar-refractivity contribution in [2.75, 3.05) is 19.8 Å². The third-order valence-corrected chi connectivity index (χ3v) is 18.1. The molecule has 0 amide bonds. The molecule has 4 saturated heterocycles. The van der Waals surface area contributed by atoms with Crippen molar-refractivity contribution >= 4 is 41.8 Å². The topological polar surface area (TPSA) is 239 Å². The van der Waals surface area contributed by atoms with Crippen molar-refractivity contribution in [2.45, 2.75) is 220 Å². The van der Waals surface area contributed by atoms with Crippen LogP contribution in [-0.2, 0) is 95.1 Å². The summed E-state index contributed by atoms with van der Waals surface area (Å²) >= 11 is 0. The van der Waals surface area contributed by atoms with Gasteiger partial charge in [-0.15, -0.1) is 0 Å². The minimum atomic E-state index is -1.77. The van der Waals surface area contributed by atoms with Gasteiger partial charge in [-0.1, -0.05) is 27.7 Å². The van der Waals surface area contributed by atoms with Crippen molar-refractivity contribution in [1.29, 1.82) is 0 Å². The Balaban J connectivity index is 1.07. The van der Waals surface area contributed by atoms with Crippen molar-refractivity contribution in [1.82, 2.24) is 0 Å². The number of carbonyl (C=O) groups is 7. The number of hydrogen-bond donors (Lipinski definition) is 0. The summed E-state index contributed by atoms with van der Waals surface area (Å²) in [5.41, 5.74) is 0.189. The molecule has 0 bridgehead atoms. The summed E-state index contributed by atoms with van der Waals surface area (Å²) in [6, 6.07) is 0. The highest BCUT2D eigenvalue weighted by Gasteiger charge is 2.69. The Bertz CT molecular complexity index is 2070. The van der Waals surface area contributed by atoms with Crippen molar-refractivity contribution < 1.29 is 95.1 Å². The summed E-state index contributed by atoms with van der Waals surface area (Å²) < 4.78 is 79.6. The number of esters is 7. The van der Waals surface area contributed by atoms with Gasteiger partial charge in [-0.3, -0.25) is 33.6 Å². The molecule has 0 aromatic carbocycles. The Hall–Kier alpha value is -3.95. The molecule has 22 atom stereocenters. The fraction of sp³-hybridized carbons (Fsp3) is 0.868. The van der Waals surface area contributed by atoms with E-state index in [-0.39, 0.29) is 22.9 Å². The maximum Gasteiger partial charge on any atom is 0.303 e. The van der Waals surface area contributed by atoms with Crippen molar-refractivity contribution in [3.63, 3.8) is 0 Å². The van der Waals surface area contributed by atoms with Crippen LogP contribution in [0.5, 0.6) is 0 Å². The van der Waals surface area contributed by atoms with Crippen LogP contribution < -0.4 is 0 Å². The SMILES string of the molecule is CC(=O)OC[C@H]1O[C@@H](O[C@H]2CC[C@@]3(C)C(CC[C@H]4[C@@H]5C[C@@H]6O[C@]7(CC[C@H](C)CO7)[C@@H](C)[C@@H]6[C@@]5(C)CC[C@@H]43)C2)[C@H](O[C@@H]2O[C@H](COC(C)=O)[C@@H](OC(C)=O)[C@H](OC(C)=O)[C@H]2OC(C)=O)[C@@H](OC(C)=O)[C@H]1OC(C)=O. The molecule has 4 aliphatic heterocycles. The standard InChI is InChI=1S/C53H78O20/c1-25-14-19-53(63-22-25)26(2)42-39(73-53)21-38-36-13-12-34-20-35(15-17-51(34,10)37(36)16-18-52(38,42)11)69-49-48(46(67-32(8)59)44(65-30(6)57)40(70-49)23-61-27(3)54)72-50-47(68-33(9)60)45(66-31(7)58)43(64-29(5)56)41(71-50)24-62-28(4)55/h25-26,34-50H,12-24H2,1-11H3/t25-,26-,34?,35-,36+,37-,38-,39-,40+,41+,42-,43+,44-,45-,46-,47+,48+,49+,50-,51-,52-,53+/m0/s1. The van der Waals surface area contributed by atoms with Crippen LogP contribution in [0.25, 0.3) is 0 Å². The highest BCUT2D eigenvalue weighted by atomic mass is 16.8. The lowest BCUT2D eigenvalue weighted by atomic mass is 9.44. The van der Waals surface area contributed by atoms with Gasteiger partial charge in [-0.25, -0.2) is 0 Å². The Morgan fingerprint density at radius 3 is 1.58 bits per heavy atom. The maximum atomic E-state index is 13.1. The molecule has 1 spiro atoms. The number of carbonyl (C=O) groups excluding carboxylic acids is 7. The quantitative estimate of drug-likeness (QED) is 0.127. The highest BCUT2D eigenvalue weighted by molar-refractivity contribution is 5.69. The number of hydrogen-bond acceptors (Lipinski definition) is 20. The Morgan fingerprint density at radius 2 is 1.04 bits per heavy atom. The van der Waals surface area contributed by atoms with Crippen LogP contribution in [0.1, 0.15) is 140 Å². The number of rotatable bonds is 13. The fourth-order valence-corrected chi connectivity index (χ4v) is 15.1. The highest BCUT2D eigenvalue weighted by Crippen LogP contribution is 2.71. The lowest BCUT2D eigenvalue weighted by Gasteiger charge is -2.61. The first-order valence-corrected chi connectivity index (χ1v) is 26.5. The van der Waals surface area contributed by atoms with Gasteiger partial charge in [-0.05, 0) is 104 Å². The molecule has 0 radical (unpaired) electrons. The van der Waals surface area contributed by atoms with Crippen molar-refractivity contribution in [2.24, 2.45) is 52.3 Å². The summed E-state index contributed by atoms with van der Waals surface area (Å²) in [7, 11) is 0. The van der Waals surface area contributed by atoms with E-state index in [1.165, 1.54) is 6.92 Å². The van der Waals surface area contributed by atoms with Crippen LogP contribution in [0.2, 0.25) is 0 Å². The van der Waals surface area contributed by atoms with Gasteiger partial charge in [0.15, 0.2) is 55.0 Å². The number of fused-ring (bicyclic) bond motifs is 7. The monoisotopic (exact) mass is 1030 g/mol. The van der Waals surface area contributed by atoms with Crippen LogP contribution in [0.15, 0.2) is 0 Å². The largest absolute Gasteiger partial charge is 0.463 e. The van der Waals surface area contributed by atoms with Crippen LogP contribution in [0.4, 0.5) is 0 Å². The van der Waals surface area contributed by atoms with Crippen molar-refractivity contribution in [3.05, 3.63) is 0 Å². The third-order valence-electron chi connectivity index (χ3n) is 18.1. The van der Waals surface area contributed by atoms with Gasteiger partial charge in [0.2, 0.25) is 0 Å². The lowest BCUT2D eigenvalue weighted by Crippen LogP contribution is -2.67. The molecule has 20 nitrogen and oxygen atoms in total. The predicted molar refractivity (Wildman–Crippen MR) is 250 cm³/mol. The van der Waals surface area contributed by atoms with Crippen LogP contribution in [0, 0.1) is 52.3 Å². The number of ether oxygens (including phenoxy) is 13. The van der Waals surface area contributed by atoms with E-state index < -0.39 is 128 Å². The minimum absolute atomic E-state index is 0.0222. The van der Waals surface area contributed by atoms with E-state index in [2.05, 4.69) is 27.7 Å². The van der Waals surface area contributed by atoms with E-state index in [1.54, 1.807) is 0 Å². The molecule has 0 aromatic rings. The first-order valence-electron chi connectivity index (χ1n) is 26.5. The first kappa shape index (κ1) is 55.3. The molecular weight excluding hydrogens is 957 g/mol. The smallest absolute Gasteiger partial charge is 0.303 e. The zero-order valence-corrected chi connectivity index (χ0v) is 44.3. The molecule has 20 heteroatoms. The maximum absolute atomic E-state index is 13.1. The molecule has 8 fully saturated rings. The second-order valence-electron chi connectivity index (χ2n) is 22.9. The predicted octanol–water partition coefficient (Wildman–Crippen LogP) is 5.44. The van der Waals surface area contributed by atoms with Gasteiger partial charge in [0.25, 0.3) is 0 Å². The van der Waals surface area contributed by atoms with E-state index in [0.29, 0.717) is 48.3 Å². The summed E-state index contributed by atoms with van der Waals surface area (Å²) in [6.45, 7) is 17.3. The molecule has 8 aliphatic rings. The molecule has 8 rings (SSSR count). The average molecular weight is 1040 g/mol. The van der Waals surface area contributed by atoms with E-state index >= 15 is 0 Å². The van der Waals surface area contributed by atoms with E-state index in [0.717, 1.165) is 99.5 Å². The van der Waals surface area contributed by atoms with Crippen LogP contribution in [-0.4, -0.2) is 141 Å². The molecule has 410 valence electrons. The molecule has 4 heterocycles. The average Bonchev–Trinajstić information content (AvgIpc) is 3.75. The minimum Gasteiger partial charge on any atom is -0.463 e. The zero-order valence-electron chi connectivity index (χ0n) is 44.3. The molecule has 73 heavy (non-hydrogen) atoms. The Kier molecular flexibility index (Phi) is 16.6. The molecule has 4 aliphatic carbocycles. The van der Waals surface area contributed by atoms with Crippen molar-refractivity contribution in [3.8, 4) is 0 Å². The van der Waals surface area contributed by atoms with Gasteiger partial charge >= 0.3 is 41.8 Å². The molecule has 1 unspecified atom stereocenters. The molecule has 0 aromatic heterocycles. The summed E-state index contributed by atoms with van der Waals surface area (Å²) in [5.74, 6) is -2.78. The van der Waals surface area contributed by atoms with E-state index in [9.17, 15) is 33.6 Å². The Morgan fingerprint density at radius 1 is 0.521 bits per heavy atom.